The highest BCUT2D eigenvalue weighted by molar-refractivity contribution is 7.21. The molecule has 0 saturated heterocycles. The van der Waals surface area contributed by atoms with Crippen LogP contribution in [-0.2, 0) is 16.1 Å². The van der Waals surface area contributed by atoms with Crippen LogP contribution in [0.3, 0.4) is 0 Å². The van der Waals surface area contributed by atoms with Crippen molar-refractivity contribution in [2.45, 2.75) is 26.4 Å². The minimum absolute atomic E-state index is 0.242. The van der Waals surface area contributed by atoms with Gasteiger partial charge in [0.2, 0.25) is 11.8 Å². The SMILES string of the molecule is CC(=O)NC(C)C(=O)NCc1ccc(-c2nc3ccccc3s2)o1. The zero-order valence-corrected chi connectivity index (χ0v) is 14.1. The van der Waals surface area contributed by atoms with Crippen LogP contribution >= 0.6 is 11.3 Å². The first-order valence-electron chi connectivity index (χ1n) is 7.52. The first-order chi connectivity index (χ1) is 11.5. The van der Waals surface area contributed by atoms with Crippen molar-refractivity contribution >= 4 is 33.4 Å². The Labute approximate surface area is 142 Å². The first kappa shape index (κ1) is 16.2. The number of furan rings is 1. The molecule has 2 amide bonds. The normalized spacial score (nSPS) is 12.1. The van der Waals surface area contributed by atoms with Crippen molar-refractivity contribution in [1.29, 1.82) is 0 Å². The van der Waals surface area contributed by atoms with Gasteiger partial charge in [0, 0.05) is 6.92 Å². The fourth-order valence-electron chi connectivity index (χ4n) is 2.26. The van der Waals surface area contributed by atoms with E-state index >= 15 is 0 Å². The standard InChI is InChI=1S/C17H17N3O3S/c1-10(19-11(2)21)16(22)18-9-12-7-8-14(23-12)17-20-13-5-3-4-6-15(13)24-17/h3-8,10H,9H2,1-2H3,(H,18,22)(H,19,21). The van der Waals surface area contributed by atoms with Gasteiger partial charge in [-0.25, -0.2) is 4.98 Å². The van der Waals surface area contributed by atoms with E-state index in [-0.39, 0.29) is 18.4 Å². The van der Waals surface area contributed by atoms with Gasteiger partial charge in [-0.3, -0.25) is 9.59 Å². The fourth-order valence-corrected chi connectivity index (χ4v) is 3.19. The van der Waals surface area contributed by atoms with Crippen molar-refractivity contribution in [3.8, 4) is 10.8 Å². The average Bonchev–Trinajstić information content (AvgIpc) is 3.18. The quantitative estimate of drug-likeness (QED) is 0.746. The summed E-state index contributed by atoms with van der Waals surface area (Å²) in [5.41, 5.74) is 0.938. The zero-order chi connectivity index (χ0) is 17.1. The predicted octanol–water partition coefficient (Wildman–Crippen LogP) is 2.70. The number of carbonyl (C=O) groups is 2. The van der Waals surface area contributed by atoms with Crippen molar-refractivity contribution in [2.75, 3.05) is 0 Å². The van der Waals surface area contributed by atoms with Crippen molar-refractivity contribution < 1.29 is 14.0 Å². The lowest BCUT2D eigenvalue weighted by molar-refractivity contribution is -0.127. The molecule has 0 saturated carbocycles. The summed E-state index contributed by atoms with van der Waals surface area (Å²) in [5.74, 6) is 0.805. The lowest BCUT2D eigenvalue weighted by Crippen LogP contribution is -2.43. The smallest absolute Gasteiger partial charge is 0.242 e. The molecule has 0 spiro atoms. The number of nitrogens with zero attached hydrogens (tertiary/aromatic N) is 1. The molecule has 6 nitrogen and oxygen atoms in total. The van der Waals surface area contributed by atoms with Crippen molar-refractivity contribution in [3.63, 3.8) is 0 Å². The van der Waals surface area contributed by atoms with Gasteiger partial charge < -0.3 is 15.1 Å². The summed E-state index contributed by atoms with van der Waals surface area (Å²) < 4.78 is 6.86. The summed E-state index contributed by atoms with van der Waals surface area (Å²) in [7, 11) is 0. The van der Waals surface area contributed by atoms with Crippen molar-refractivity contribution in [1.82, 2.24) is 15.6 Å². The zero-order valence-electron chi connectivity index (χ0n) is 13.3. The van der Waals surface area contributed by atoms with Crippen LogP contribution < -0.4 is 10.6 Å². The molecule has 1 atom stereocenters. The molecule has 0 aliphatic heterocycles. The summed E-state index contributed by atoms with van der Waals surface area (Å²) in [5, 5.41) is 6.07. The van der Waals surface area contributed by atoms with E-state index in [0.717, 1.165) is 15.2 Å². The molecule has 3 aromatic rings. The summed E-state index contributed by atoms with van der Waals surface area (Å²) in [6, 6.07) is 11.0. The molecule has 0 aliphatic carbocycles. The number of hydrogen-bond donors (Lipinski definition) is 2. The fraction of sp³-hybridized carbons (Fsp3) is 0.235. The Morgan fingerprint density at radius 3 is 2.79 bits per heavy atom. The number of nitrogens with one attached hydrogen (secondary N) is 2. The number of amides is 2. The minimum atomic E-state index is -0.582. The Bertz CT molecular complexity index is 851. The first-order valence-corrected chi connectivity index (χ1v) is 8.34. The Balaban J connectivity index is 1.65. The maximum absolute atomic E-state index is 11.9. The molecule has 7 heteroatoms. The van der Waals surface area contributed by atoms with Crippen LogP contribution in [0.2, 0.25) is 0 Å². The lowest BCUT2D eigenvalue weighted by Gasteiger charge is -2.11. The predicted molar refractivity (Wildman–Crippen MR) is 92.4 cm³/mol. The third-order valence-corrected chi connectivity index (χ3v) is 4.47. The van der Waals surface area contributed by atoms with E-state index < -0.39 is 6.04 Å². The maximum atomic E-state index is 11.9. The number of benzene rings is 1. The topological polar surface area (TPSA) is 84.2 Å². The molecule has 0 aliphatic rings. The molecule has 0 fully saturated rings. The summed E-state index contributed by atoms with van der Waals surface area (Å²) >= 11 is 1.56. The summed E-state index contributed by atoms with van der Waals surface area (Å²) in [6.07, 6.45) is 0. The second-order valence-electron chi connectivity index (χ2n) is 5.39. The van der Waals surface area contributed by atoms with Gasteiger partial charge in [-0.15, -0.1) is 11.3 Å². The van der Waals surface area contributed by atoms with Crippen LogP contribution in [0.25, 0.3) is 21.0 Å². The van der Waals surface area contributed by atoms with Crippen LogP contribution in [0.15, 0.2) is 40.8 Å². The van der Waals surface area contributed by atoms with Gasteiger partial charge in [0.05, 0.1) is 16.8 Å². The minimum Gasteiger partial charge on any atom is -0.457 e. The van der Waals surface area contributed by atoms with E-state index in [2.05, 4.69) is 15.6 Å². The lowest BCUT2D eigenvalue weighted by atomic mass is 10.3. The molecular weight excluding hydrogens is 326 g/mol. The average molecular weight is 343 g/mol. The third-order valence-electron chi connectivity index (χ3n) is 3.42. The van der Waals surface area contributed by atoms with Crippen molar-refractivity contribution in [3.05, 3.63) is 42.2 Å². The Kier molecular flexibility index (Phi) is 4.61. The van der Waals surface area contributed by atoms with E-state index in [1.54, 1.807) is 18.3 Å². The van der Waals surface area contributed by atoms with Gasteiger partial charge in [0.25, 0.3) is 0 Å². The second kappa shape index (κ2) is 6.84. The van der Waals surface area contributed by atoms with Crippen molar-refractivity contribution in [2.24, 2.45) is 0 Å². The van der Waals surface area contributed by atoms with Gasteiger partial charge in [-0.2, -0.15) is 0 Å². The van der Waals surface area contributed by atoms with Gasteiger partial charge >= 0.3 is 0 Å². The number of rotatable bonds is 5. The van der Waals surface area contributed by atoms with Gasteiger partial charge in [0.15, 0.2) is 10.8 Å². The van der Waals surface area contributed by atoms with E-state index in [1.165, 1.54) is 6.92 Å². The monoisotopic (exact) mass is 343 g/mol. The van der Waals surface area contributed by atoms with Crippen LogP contribution in [0.5, 0.6) is 0 Å². The van der Waals surface area contributed by atoms with Gasteiger partial charge in [-0.1, -0.05) is 12.1 Å². The number of thiazole rings is 1. The molecular formula is C17H17N3O3S. The molecule has 1 unspecified atom stereocenters. The molecule has 0 radical (unpaired) electrons. The number of para-hydroxylation sites is 1. The van der Waals surface area contributed by atoms with E-state index in [1.807, 2.05) is 36.4 Å². The second-order valence-corrected chi connectivity index (χ2v) is 6.42. The van der Waals surface area contributed by atoms with E-state index in [4.69, 9.17) is 4.42 Å². The summed E-state index contributed by atoms with van der Waals surface area (Å²) in [6.45, 7) is 3.26. The van der Waals surface area contributed by atoms with Crippen LogP contribution in [-0.4, -0.2) is 22.8 Å². The molecule has 2 N–H and O–H groups in total. The number of hydrogen-bond acceptors (Lipinski definition) is 5. The highest BCUT2D eigenvalue weighted by Gasteiger charge is 2.15. The molecule has 124 valence electrons. The number of carbonyl (C=O) groups excluding carboxylic acids is 2. The molecule has 24 heavy (non-hydrogen) atoms. The highest BCUT2D eigenvalue weighted by atomic mass is 32.1. The Hall–Kier alpha value is -2.67. The maximum Gasteiger partial charge on any atom is 0.242 e. The van der Waals surface area contributed by atoms with Crippen LogP contribution in [0.1, 0.15) is 19.6 Å². The molecule has 2 heterocycles. The third kappa shape index (κ3) is 3.62. The number of aromatic nitrogens is 1. The molecule has 3 rings (SSSR count). The Morgan fingerprint density at radius 1 is 1.25 bits per heavy atom. The van der Waals surface area contributed by atoms with E-state index in [9.17, 15) is 9.59 Å². The van der Waals surface area contributed by atoms with Gasteiger partial charge in [0.1, 0.15) is 11.8 Å². The molecule has 1 aromatic carbocycles. The van der Waals surface area contributed by atoms with Crippen LogP contribution in [0.4, 0.5) is 0 Å². The van der Waals surface area contributed by atoms with Crippen LogP contribution in [0, 0.1) is 0 Å². The largest absolute Gasteiger partial charge is 0.457 e. The Morgan fingerprint density at radius 2 is 2.04 bits per heavy atom. The van der Waals surface area contributed by atoms with Gasteiger partial charge in [-0.05, 0) is 31.2 Å². The van der Waals surface area contributed by atoms with E-state index in [0.29, 0.717) is 11.5 Å². The number of fused-ring (bicyclic) bond motifs is 1. The molecule has 0 bridgehead atoms. The summed E-state index contributed by atoms with van der Waals surface area (Å²) in [4.78, 5) is 27.4. The highest BCUT2D eigenvalue weighted by Crippen LogP contribution is 2.30. The molecule has 2 aromatic heterocycles.